The van der Waals surface area contributed by atoms with Crippen molar-refractivity contribution in [2.75, 3.05) is 18.1 Å². The minimum Gasteiger partial charge on any atom is -0.486 e. The van der Waals surface area contributed by atoms with Crippen LogP contribution in [0.5, 0.6) is 11.5 Å². The predicted octanol–water partition coefficient (Wildman–Crippen LogP) is 6.73. The zero-order valence-electron chi connectivity index (χ0n) is 20.4. The van der Waals surface area contributed by atoms with Gasteiger partial charge in [-0.3, -0.25) is 14.5 Å². The van der Waals surface area contributed by atoms with E-state index in [9.17, 15) is 14.7 Å². The molecule has 2 heterocycles. The molecule has 0 spiro atoms. The van der Waals surface area contributed by atoms with E-state index in [1.165, 1.54) is 19.3 Å². The van der Waals surface area contributed by atoms with Crippen LogP contribution in [0.2, 0.25) is 5.02 Å². The Morgan fingerprint density at radius 2 is 1.65 bits per heavy atom. The molecule has 1 fully saturated rings. The summed E-state index contributed by atoms with van der Waals surface area (Å²) in [4.78, 5) is 28.4. The first-order valence-corrected chi connectivity index (χ1v) is 13.2. The van der Waals surface area contributed by atoms with Crippen molar-refractivity contribution in [2.45, 2.75) is 50.0 Å². The van der Waals surface area contributed by atoms with Crippen LogP contribution in [0.4, 0.5) is 5.69 Å². The van der Waals surface area contributed by atoms with Crippen LogP contribution in [0, 0.1) is 0 Å². The number of aliphatic carboxylic acids is 1. The van der Waals surface area contributed by atoms with Crippen molar-refractivity contribution >= 4 is 29.2 Å². The molecule has 1 amide bonds. The number of hydrogen-bond donors (Lipinski definition) is 1. The largest absolute Gasteiger partial charge is 0.486 e. The number of nitrogens with zero attached hydrogens (tertiary/aromatic N) is 1. The Kier molecular flexibility index (Phi) is 6.29. The van der Waals surface area contributed by atoms with Gasteiger partial charge in [0, 0.05) is 16.3 Å². The highest BCUT2D eigenvalue weighted by Gasteiger charge is 2.45. The molecule has 6 rings (SSSR count). The first-order chi connectivity index (χ1) is 18.0. The lowest BCUT2D eigenvalue weighted by molar-refractivity contribution is -0.139. The Hall–Kier alpha value is -3.51. The number of amides is 1. The number of ether oxygens (including phenoxy) is 2. The van der Waals surface area contributed by atoms with Gasteiger partial charge in [0.2, 0.25) is 0 Å². The second kappa shape index (κ2) is 9.75. The number of carboxylic acid groups (broad SMARTS) is 1. The van der Waals surface area contributed by atoms with E-state index in [0.29, 0.717) is 58.0 Å². The standard InChI is InChI=1S/C30H28ClNO5/c31-24-17-20(11-12-21(24)18-6-2-1-3-7-18)32-28(19-10-13-25-26(16-19)37-15-14-36-25)27(30(34)35)22-8-4-5-9-23(22)29(32)33/h4-5,8-13,16-18,27-28H,1-3,6-7,14-15H2,(H,34,35)/t27-,28+/m1/s1. The van der Waals surface area contributed by atoms with Gasteiger partial charge in [0.1, 0.15) is 19.1 Å². The molecule has 7 heteroatoms. The SMILES string of the molecule is O=C(O)[C@@H]1c2ccccc2C(=O)N(c2ccc(C3CCCCC3)c(Cl)c2)[C@H]1c1ccc2c(c1)OCCO2. The molecule has 3 aliphatic rings. The fraction of sp³-hybridized carbons (Fsp3) is 0.333. The molecule has 1 N–H and O–H groups in total. The van der Waals surface area contributed by atoms with Gasteiger partial charge in [-0.25, -0.2) is 0 Å². The van der Waals surface area contributed by atoms with Gasteiger partial charge in [-0.05, 0) is 65.8 Å². The summed E-state index contributed by atoms with van der Waals surface area (Å²) in [6.45, 7) is 0.866. The quantitative estimate of drug-likeness (QED) is 0.415. The van der Waals surface area contributed by atoms with Crippen LogP contribution in [-0.2, 0) is 4.79 Å². The third-order valence-electron chi connectivity index (χ3n) is 7.82. The molecule has 1 saturated carbocycles. The van der Waals surface area contributed by atoms with E-state index in [2.05, 4.69) is 0 Å². The normalized spacial score (nSPS) is 21.4. The first kappa shape index (κ1) is 23.9. The number of carbonyl (C=O) groups is 2. The van der Waals surface area contributed by atoms with Crippen LogP contribution in [0.1, 0.15) is 77.0 Å². The molecule has 0 bridgehead atoms. The highest BCUT2D eigenvalue weighted by Crippen LogP contribution is 2.48. The van der Waals surface area contributed by atoms with Gasteiger partial charge in [0.15, 0.2) is 11.5 Å². The van der Waals surface area contributed by atoms with Crippen LogP contribution in [0.25, 0.3) is 0 Å². The Balaban J connectivity index is 1.50. The third-order valence-corrected chi connectivity index (χ3v) is 8.15. The van der Waals surface area contributed by atoms with Gasteiger partial charge in [-0.2, -0.15) is 0 Å². The number of carbonyl (C=O) groups excluding carboxylic acids is 1. The fourth-order valence-electron chi connectivity index (χ4n) is 6.08. The lowest BCUT2D eigenvalue weighted by Gasteiger charge is -2.41. The number of fused-ring (bicyclic) bond motifs is 2. The molecule has 37 heavy (non-hydrogen) atoms. The van der Waals surface area contributed by atoms with Crippen molar-refractivity contribution < 1.29 is 24.2 Å². The third kappa shape index (κ3) is 4.23. The van der Waals surface area contributed by atoms with Crippen LogP contribution < -0.4 is 14.4 Å². The summed E-state index contributed by atoms with van der Waals surface area (Å²) in [5.74, 6) is -0.674. The zero-order chi connectivity index (χ0) is 25.5. The average Bonchev–Trinajstić information content (AvgIpc) is 2.93. The van der Waals surface area contributed by atoms with Crippen LogP contribution in [-0.4, -0.2) is 30.2 Å². The summed E-state index contributed by atoms with van der Waals surface area (Å²) in [6, 6.07) is 17.3. The number of rotatable bonds is 4. The molecular weight excluding hydrogens is 490 g/mol. The van der Waals surface area contributed by atoms with Crippen LogP contribution >= 0.6 is 11.6 Å². The molecular formula is C30H28ClNO5. The zero-order valence-corrected chi connectivity index (χ0v) is 21.1. The Morgan fingerprint density at radius 1 is 0.892 bits per heavy atom. The van der Waals surface area contributed by atoms with Crippen molar-refractivity contribution in [2.24, 2.45) is 0 Å². The number of carboxylic acids is 1. The molecule has 3 aromatic rings. The summed E-state index contributed by atoms with van der Waals surface area (Å²) in [5.41, 5.74) is 3.22. The van der Waals surface area contributed by atoms with Crippen molar-refractivity contribution in [3.05, 3.63) is 87.9 Å². The molecule has 1 aliphatic carbocycles. The van der Waals surface area contributed by atoms with E-state index < -0.39 is 17.9 Å². The Labute approximate surface area is 220 Å². The molecule has 0 aromatic heterocycles. The van der Waals surface area contributed by atoms with E-state index in [-0.39, 0.29) is 5.91 Å². The highest BCUT2D eigenvalue weighted by molar-refractivity contribution is 6.32. The molecule has 0 unspecified atom stereocenters. The highest BCUT2D eigenvalue weighted by atomic mass is 35.5. The Morgan fingerprint density at radius 3 is 2.41 bits per heavy atom. The molecule has 2 aliphatic heterocycles. The maximum absolute atomic E-state index is 14.0. The lowest BCUT2D eigenvalue weighted by Crippen LogP contribution is -2.45. The second-order valence-corrected chi connectivity index (χ2v) is 10.4. The monoisotopic (exact) mass is 517 g/mol. The van der Waals surface area contributed by atoms with E-state index >= 15 is 0 Å². The minimum absolute atomic E-state index is 0.255. The van der Waals surface area contributed by atoms with Gasteiger partial charge in [-0.15, -0.1) is 0 Å². The van der Waals surface area contributed by atoms with Gasteiger partial charge in [-0.1, -0.05) is 61.2 Å². The van der Waals surface area contributed by atoms with Gasteiger partial charge in [0.25, 0.3) is 5.91 Å². The van der Waals surface area contributed by atoms with Gasteiger partial charge in [0.05, 0.1) is 6.04 Å². The van der Waals surface area contributed by atoms with E-state index in [0.717, 1.165) is 18.4 Å². The van der Waals surface area contributed by atoms with Crippen LogP contribution in [0.15, 0.2) is 60.7 Å². The van der Waals surface area contributed by atoms with E-state index in [1.807, 2.05) is 24.3 Å². The molecule has 3 aromatic carbocycles. The fourth-order valence-corrected chi connectivity index (χ4v) is 6.41. The van der Waals surface area contributed by atoms with Crippen molar-refractivity contribution in [3.63, 3.8) is 0 Å². The van der Waals surface area contributed by atoms with Gasteiger partial charge < -0.3 is 14.6 Å². The molecule has 190 valence electrons. The maximum Gasteiger partial charge on any atom is 0.313 e. The van der Waals surface area contributed by atoms with Crippen molar-refractivity contribution in [1.82, 2.24) is 0 Å². The van der Waals surface area contributed by atoms with Crippen molar-refractivity contribution in [1.29, 1.82) is 0 Å². The molecule has 0 radical (unpaired) electrons. The number of hydrogen-bond acceptors (Lipinski definition) is 4. The second-order valence-electron chi connectivity index (χ2n) is 9.97. The van der Waals surface area contributed by atoms with E-state index in [1.54, 1.807) is 41.3 Å². The summed E-state index contributed by atoms with van der Waals surface area (Å²) in [7, 11) is 0. The average molecular weight is 518 g/mol. The first-order valence-electron chi connectivity index (χ1n) is 12.9. The summed E-state index contributed by atoms with van der Waals surface area (Å²) < 4.78 is 11.5. The number of halogens is 1. The van der Waals surface area contributed by atoms with E-state index in [4.69, 9.17) is 21.1 Å². The summed E-state index contributed by atoms with van der Waals surface area (Å²) >= 11 is 6.83. The molecule has 6 nitrogen and oxygen atoms in total. The van der Waals surface area contributed by atoms with Crippen molar-refractivity contribution in [3.8, 4) is 11.5 Å². The molecule has 0 saturated heterocycles. The smallest absolute Gasteiger partial charge is 0.313 e. The van der Waals surface area contributed by atoms with Crippen LogP contribution in [0.3, 0.4) is 0 Å². The Bertz CT molecular complexity index is 1370. The lowest BCUT2D eigenvalue weighted by atomic mass is 9.79. The topological polar surface area (TPSA) is 76.1 Å². The number of anilines is 1. The summed E-state index contributed by atoms with van der Waals surface area (Å²) in [6.07, 6.45) is 5.85. The van der Waals surface area contributed by atoms with Gasteiger partial charge >= 0.3 is 5.97 Å². The minimum atomic E-state index is -1.00. The molecule has 2 atom stereocenters. The summed E-state index contributed by atoms with van der Waals surface area (Å²) in [5, 5.41) is 11.1. The maximum atomic E-state index is 14.0. The predicted molar refractivity (Wildman–Crippen MR) is 141 cm³/mol. The number of benzene rings is 3.